The Balaban J connectivity index is 1.51. The molecule has 1 nitrogen and oxygen atoms in total. The minimum atomic E-state index is -0.705. The van der Waals surface area contributed by atoms with Gasteiger partial charge in [0.25, 0.3) is 0 Å². The molecule has 3 atom stereocenters. The van der Waals surface area contributed by atoms with Crippen LogP contribution in [0.15, 0.2) is 158 Å². The van der Waals surface area contributed by atoms with Gasteiger partial charge in [-0.1, -0.05) is 191 Å². The van der Waals surface area contributed by atoms with Gasteiger partial charge in [0.1, 0.15) is 0 Å². The fourth-order valence-corrected chi connectivity index (χ4v) is 11.8. The number of hydrogen-bond donors (Lipinski definition) is 1. The molecule has 0 aliphatic carbocycles. The van der Waals surface area contributed by atoms with Gasteiger partial charge in [-0.2, -0.15) is 0 Å². The van der Waals surface area contributed by atoms with E-state index in [0.29, 0.717) is 0 Å². The van der Waals surface area contributed by atoms with Crippen molar-refractivity contribution in [2.24, 2.45) is 0 Å². The molecule has 1 fully saturated rings. The average molecular weight is 820 g/mol. The molecule has 1 aliphatic rings. The van der Waals surface area contributed by atoms with Gasteiger partial charge in [-0.05, 0) is 165 Å². The molecule has 9 rings (SSSR count). The monoisotopic (exact) mass is 819 g/mol. The summed E-state index contributed by atoms with van der Waals surface area (Å²) >= 11 is 0. The average Bonchev–Trinajstić information content (AvgIpc) is 3.64. The minimum absolute atomic E-state index is 0.0186. The van der Waals surface area contributed by atoms with Crippen LogP contribution in [0.25, 0.3) is 44.5 Å². The molecule has 314 valence electrons. The lowest BCUT2D eigenvalue weighted by Crippen LogP contribution is -2.44. The van der Waals surface area contributed by atoms with Gasteiger partial charge in [0.15, 0.2) is 0 Å². The molecule has 0 spiro atoms. The number of aryl methyl sites for hydroxylation is 10. The van der Waals surface area contributed by atoms with Gasteiger partial charge in [0.05, 0.1) is 5.54 Å². The summed E-state index contributed by atoms with van der Waals surface area (Å²) in [5.74, 6) is -0.0186. The van der Waals surface area contributed by atoms with Crippen LogP contribution in [-0.4, -0.2) is 0 Å². The van der Waals surface area contributed by atoms with Gasteiger partial charge in [-0.3, -0.25) is 5.32 Å². The lowest BCUT2D eigenvalue weighted by Gasteiger charge is -2.42. The van der Waals surface area contributed by atoms with Crippen LogP contribution in [0.5, 0.6) is 0 Å². The number of hydrogen-bond acceptors (Lipinski definition) is 1. The second kappa shape index (κ2) is 16.8. The third-order valence-corrected chi connectivity index (χ3v) is 13.7. The van der Waals surface area contributed by atoms with Gasteiger partial charge in [0.2, 0.25) is 0 Å². The highest BCUT2D eigenvalue weighted by molar-refractivity contribution is 5.88. The van der Waals surface area contributed by atoms with Crippen molar-refractivity contribution in [1.29, 1.82) is 0 Å². The lowest BCUT2D eigenvalue weighted by atomic mass is 9.64. The standard InChI is InChI=1S/C62H61N/c1-38-27-39(2)34-49(33-38)52-23-17-24-53(50-35-40(3)28-41(4)36-50)60(52)56-37-57(48-19-13-11-14-20-48)63-62(56,51-21-15-12-16-22-51)61-54(58-44(7)29-42(5)30-45(58)8)25-18-26-55(61)59-46(9)31-43(6)32-47(59)10/h11-36,56-57,63H,37H2,1-10H3. The first-order chi connectivity index (χ1) is 30.3. The zero-order chi connectivity index (χ0) is 44.2. The first kappa shape index (κ1) is 42.0. The maximum Gasteiger partial charge on any atom is 0.0778 e. The van der Waals surface area contributed by atoms with E-state index in [-0.39, 0.29) is 12.0 Å². The Labute approximate surface area is 376 Å². The van der Waals surface area contributed by atoms with Crippen LogP contribution >= 0.6 is 0 Å². The predicted molar refractivity (Wildman–Crippen MR) is 269 cm³/mol. The van der Waals surface area contributed by atoms with Crippen molar-refractivity contribution in [2.75, 3.05) is 0 Å². The van der Waals surface area contributed by atoms with Gasteiger partial charge in [-0.25, -0.2) is 0 Å². The van der Waals surface area contributed by atoms with Crippen molar-refractivity contribution in [3.63, 3.8) is 0 Å². The summed E-state index contributed by atoms with van der Waals surface area (Å²) in [4.78, 5) is 0. The highest BCUT2D eigenvalue weighted by atomic mass is 15.1. The van der Waals surface area contributed by atoms with Crippen LogP contribution in [0.3, 0.4) is 0 Å². The SMILES string of the molecule is Cc1cc(C)cc(-c2cccc(-c3cc(C)cc(C)c3)c2C2CC(c3ccccc3)NC2(c2ccccc2)c2c(-c3c(C)cc(C)cc3C)cccc2-c2c(C)cc(C)cc2C)c1. The van der Waals surface area contributed by atoms with Gasteiger partial charge < -0.3 is 0 Å². The summed E-state index contributed by atoms with van der Waals surface area (Å²) in [5, 5.41) is 4.63. The Hall–Kier alpha value is -6.28. The number of benzene rings is 8. The molecule has 0 radical (unpaired) electrons. The summed E-state index contributed by atoms with van der Waals surface area (Å²) in [6, 6.07) is 60.7. The van der Waals surface area contributed by atoms with E-state index in [2.05, 4.69) is 232 Å². The summed E-state index contributed by atoms with van der Waals surface area (Å²) in [6.45, 7) is 22.6. The second-order valence-electron chi connectivity index (χ2n) is 18.9. The molecule has 63 heavy (non-hydrogen) atoms. The van der Waals surface area contributed by atoms with E-state index in [1.54, 1.807) is 0 Å². The minimum Gasteiger partial charge on any atom is -0.296 e. The number of rotatable bonds is 8. The fraction of sp³-hybridized carbons (Fsp3) is 0.226. The molecule has 0 bridgehead atoms. The molecule has 8 aromatic carbocycles. The van der Waals surface area contributed by atoms with Crippen molar-refractivity contribution in [3.8, 4) is 44.5 Å². The number of nitrogens with one attached hydrogen (secondary N) is 1. The van der Waals surface area contributed by atoms with E-state index in [1.807, 2.05) is 0 Å². The molecule has 1 heteroatoms. The molecule has 0 amide bonds. The van der Waals surface area contributed by atoms with Crippen LogP contribution in [0.2, 0.25) is 0 Å². The van der Waals surface area contributed by atoms with Crippen LogP contribution < -0.4 is 5.32 Å². The van der Waals surface area contributed by atoms with Crippen molar-refractivity contribution in [2.45, 2.75) is 93.2 Å². The molecule has 1 heterocycles. The Kier molecular flexibility index (Phi) is 11.2. The zero-order valence-electron chi connectivity index (χ0n) is 38.9. The van der Waals surface area contributed by atoms with Crippen LogP contribution in [-0.2, 0) is 5.54 Å². The molecular weight excluding hydrogens is 759 g/mol. The smallest absolute Gasteiger partial charge is 0.0778 e. The largest absolute Gasteiger partial charge is 0.296 e. The molecule has 1 saturated heterocycles. The maximum atomic E-state index is 4.63. The molecule has 1 N–H and O–H groups in total. The first-order valence-electron chi connectivity index (χ1n) is 22.8. The molecule has 0 saturated carbocycles. The first-order valence-corrected chi connectivity index (χ1v) is 22.8. The third-order valence-electron chi connectivity index (χ3n) is 13.7. The molecular formula is C62H61N. The van der Waals surface area contributed by atoms with Crippen LogP contribution in [0, 0.1) is 69.2 Å². The summed E-state index contributed by atoms with van der Waals surface area (Å²) in [7, 11) is 0. The normalized spacial score (nSPS) is 17.3. The van der Waals surface area contributed by atoms with E-state index < -0.39 is 5.54 Å². The van der Waals surface area contributed by atoms with Gasteiger partial charge in [0, 0.05) is 12.0 Å². The molecule has 8 aromatic rings. The van der Waals surface area contributed by atoms with Gasteiger partial charge >= 0.3 is 0 Å². The molecule has 3 unspecified atom stereocenters. The van der Waals surface area contributed by atoms with Crippen molar-refractivity contribution in [3.05, 3.63) is 236 Å². The van der Waals surface area contributed by atoms with Crippen molar-refractivity contribution >= 4 is 0 Å². The summed E-state index contributed by atoms with van der Waals surface area (Å²) in [6.07, 6.45) is 0.893. The van der Waals surface area contributed by atoms with Crippen molar-refractivity contribution in [1.82, 2.24) is 5.32 Å². The summed E-state index contributed by atoms with van der Waals surface area (Å²) in [5.41, 5.74) is 27.8. The van der Waals surface area contributed by atoms with E-state index in [1.165, 1.54) is 122 Å². The highest BCUT2D eigenvalue weighted by Crippen LogP contribution is 2.60. The Morgan fingerprint density at radius 2 is 0.778 bits per heavy atom. The van der Waals surface area contributed by atoms with E-state index in [4.69, 9.17) is 0 Å². The fourth-order valence-electron chi connectivity index (χ4n) is 11.8. The van der Waals surface area contributed by atoms with E-state index >= 15 is 0 Å². The van der Waals surface area contributed by atoms with Crippen LogP contribution in [0.1, 0.15) is 96.3 Å². The van der Waals surface area contributed by atoms with Gasteiger partial charge in [-0.15, -0.1) is 0 Å². The quantitative estimate of drug-likeness (QED) is 0.161. The molecule has 0 aromatic heterocycles. The molecule has 1 aliphatic heterocycles. The maximum absolute atomic E-state index is 4.63. The summed E-state index contributed by atoms with van der Waals surface area (Å²) < 4.78 is 0. The van der Waals surface area contributed by atoms with Crippen LogP contribution in [0.4, 0.5) is 0 Å². The third kappa shape index (κ3) is 7.68. The van der Waals surface area contributed by atoms with E-state index in [9.17, 15) is 0 Å². The van der Waals surface area contributed by atoms with Crippen molar-refractivity contribution < 1.29 is 0 Å². The zero-order valence-corrected chi connectivity index (χ0v) is 38.9. The second-order valence-corrected chi connectivity index (χ2v) is 18.9. The topological polar surface area (TPSA) is 12.0 Å². The Morgan fingerprint density at radius 3 is 1.21 bits per heavy atom. The Morgan fingerprint density at radius 1 is 0.397 bits per heavy atom. The van der Waals surface area contributed by atoms with E-state index in [0.717, 1.165) is 6.42 Å². The Bertz CT molecular complexity index is 2770. The highest BCUT2D eigenvalue weighted by Gasteiger charge is 2.53. The predicted octanol–water partition coefficient (Wildman–Crippen LogP) is 16.2. The lowest BCUT2D eigenvalue weighted by molar-refractivity contribution is 0.412.